The number of halogens is 2. The van der Waals surface area contributed by atoms with Gasteiger partial charge in [0.1, 0.15) is 5.75 Å². The molecule has 0 unspecified atom stereocenters. The van der Waals surface area contributed by atoms with E-state index in [9.17, 15) is 9.59 Å². The maximum Gasteiger partial charge on any atom is 0.262 e. The highest BCUT2D eigenvalue weighted by molar-refractivity contribution is 6.44. The third-order valence-corrected chi connectivity index (χ3v) is 5.07. The molecule has 3 aromatic carbocycles. The molecule has 7 heteroatoms. The molecule has 154 valence electrons. The Balaban J connectivity index is 1.45. The molecular weight excluding hydrogens is 423 g/mol. The highest BCUT2D eigenvalue weighted by Gasteiger charge is 2.10. The molecule has 0 saturated heterocycles. The summed E-state index contributed by atoms with van der Waals surface area (Å²) in [5.74, 6) is -0.0594. The van der Waals surface area contributed by atoms with Crippen LogP contribution in [0.3, 0.4) is 0 Å². The van der Waals surface area contributed by atoms with Crippen LogP contribution >= 0.6 is 23.2 Å². The zero-order valence-electron chi connectivity index (χ0n) is 16.0. The molecule has 30 heavy (non-hydrogen) atoms. The van der Waals surface area contributed by atoms with Crippen molar-refractivity contribution in [2.24, 2.45) is 0 Å². The molecule has 0 heterocycles. The number of carbonyl (C=O) groups is 2. The van der Waals surface area contributed by atoms with Gasteiger partial charge >= 0.3 is 0 Å². The molecule has 0 atom stereocenters. The molecule has 2 amide bonds. The second kappa shape index (κ2) is 10.7. The van der Waals surface area contributed by atoms with Crippen LogP contribution in [0.1, 0.15) is 15.9 Å². The minimum absolute atomic E-state index is 0.161. The summed E-state index contributed by atoms with van der Waals surface area (Å²) >= 11 is 12.0. The Morgan fingerprint density at radius 1 is 0.867 bits per heavy atom. The zero-order chi connectivity index (χ0) is 21.3. The molecule has 3 rings (SSSR count). The van der Waals surface area contributed by atoms with E-state index in [0.29, 0.717) is 28.6 Å². The van der Waals surface area contributed by atoms with Gasteiger partial charge in [-0.05, 0) is 48.4 Å². The van der Waals surface area contributed by atoms with E-state index in [1.54, 1.807) is 42.5 Å². The van der Waals surface area contributed by atoms with Gasteiger partial charge in [0, 0.05) is 12.1 Å². The average molecular weight is 443 g/mol. The standard InChI is InChI=1S/C23H20Cl2N2O3/c24-19-7-4-8-20(22(19)25)27-21(28)15-30-18-11-9-17(10-12-18)23(29)26-14-13-16-5-2-1-3-6-16/h1-12H,13-15H2,(H,26,29)(H,27,28). The van der Waals surface area contributed by atoms with Crippen LogP contribution in [0.25, 0.3) is 0 Å². The van der Waals surface area contributed by atoms with Crippen LogP contribution in [0.4, 0.5) is 5.69 Å². The van der Waals surface area contributed by atoms with E-state index in [1.807, 2.05) is 30.3 Å². The van der Waals surface area contributed by atoms with Crippen molar-refractivity contribution in [2.75, 3.05) is 18.5 Å². The SMILES string of the molecule is O=C(COc1ccc(C(=O)NCCc2ccccc2)cc1)Nc1cccc(Cl)c1Cl. The van der Waals surface area contributed by atoms with Crippen molar-refractivity contribution in [3.05, 3.63) is 94.0 Å². The topological polar surface area (TPSA) is 67.4 Å². The van der Waals surface area contributed by atoms with Gasteiger partial charge in [-0.1, -0.05) is 59.6 Å². The molecule has 0 fully saturated rings. The van der Waals surface area contributed by atoms with E-state index in [1.165, 1.54) is 5.56 Å². The lowest BCUT2D eigenvalue weighted by molar-refractivity contribution is -0.118. The molecule has 0 saturated carbocycles. The predicted octanol–water partition coefficient (Wildman–Crippen LogP) is 4.98. The minimum atomic E-state index is -0.373. The van der Waals surface area contributed by atoms with Gasteiger partial charge in [-0.3, -0.25) is 9.59 Å². The first kappa shape index (κ1) is 21.7. The van der Waals surface area contributed by atoms with Crippen molar-refractivity contribution in [1.29, 1.82) is 0 Å². The van der Waals surface area contributed by atoms with Crippen molar-refractivity contribution in [3.8, 4) is 5.75 Å². The van der Waals surface area contributed by atoms with Gasteiger partial charge in [-0.2, -0.15) is 0 Å². The lowest BCUT2D eigenvalue weighted by Gasteiger charge is -2.10. The number of rotatable bonds is 8. The summed E-state index contributed by atoms with van der Waals surface area (Å²) < 4.78 is 5.46. The van der Waals surface area contributed by atoms with Gasteiger partial charge in [-0.15, -0.1) is 0 Å². The van der Waals surface area contributed by atoms with Crippen LogP contribution in [0.15, 0.2) is 72.8 Å². The van der Waals surface area contributed by atoms with Crippen molar-refractivity contribution < 1.29 is 14.3 Å². The number of carbonyl (C=O) groups excluding carboxylic acids is 2. The number of hydrogen-bond donors (Lipinski definition) is 2. The van der Waals surface area contributed by atoms with Crippen LogP contribution in [-0.4, -0.2) is 25.0 Å². The van der Waals surface area contributed by atoms with Crippen LogP contribution in [-0.2, 0) is 11.2 Å². The number of benzene rings is 3. The Kier molecular flexibility index (Phi) is 7.71. The second-order valence-electron chi connectivity index (χ2n) is 6.45. The quantitative estimate of drug-likeness (QED) is 0.516. The van der Waals surface area contributed by atoms with Crippen LogP contribution in [0.2, 0.25) is 10.0 Å². The van der Waals surface area contributed by atoms with Crippen molar-refractivity contribution in [3.63, 3.8) is 0 Å². The van der Waals surface area contributed by atoms with E-state index in [-0.39, 0.29) is 23.4 Å². The molecule has 0 spiro atoms. The van der Waals surface area contributed by atoms with E-state index in [4.69, 9.17) is 27.9 Å². The molecule has 2 N–H and O–H groups in total. The van der Waals surface area contributed by atoms with Crippen molar-refractivity contribution in [2.45, 2.75) is 6.42 Å². The maximum absolute atomic E-state index is 12.2. The summed E-state index contributed by atoms with van der Waals surface area (Å²) in [4.78, 5) is 24.3. The lowest BCUT2D eigenvalue weighted by atomic mass is 10.1. The molecule has 5 nitrogen and oxygen atoms in total. The summed E-state index contributed by atoms with van der Waals surface area (Å²) in [7, 11) is 0. The Morgan fingerprint density at radius 3 is 2.33 bits per heavy atom. The van der Waals surface area contributed by atoms with Gasteiger partial charge in [0.15, 0.2) is 6.61 Å². The number of hydrogen-bond acceptors (Lipinski definition) is 3. The fourth-order valence-electron chi connectivity index (χ4n) is 2.71. The van der Waals surface area contributed by atoms with Gasteiger partial charge in [0.25, 0.3) is 11.8 Å². The molecule has 0 bridgehead atoms. The maximum atomic E-state index is 12.2. The van der Waals surface area contributed by atoms with E-state index < -0.39 is 0 Å². The van der Waals surface area contributed by atoms with E-state index >= 15 is 0 Å². The Hall–Kier alpha value is -3.02. The Morgan fingerprint density at radius 2 is 1.60 bits per heavy atom. The number of amides is 2. The molecule has 0 aliphatic heterocycles. The molecule has 0 radical (unpaired) electrons. The number of ether oxygens (including phenoxy) is 1. The third kappa shape index (κ3) is 6.24. The number of nitrogens with one attached hydrogen (secondary N) is 2. The highest BCUT2D eigenvalue weighted by atomic mass is 35.5. The fraction of sp³-hybridized carbons (Fsp3) is 0.130. The largest absolute Gasteiger partial charge is 0.484 e. The van der Waals surface area contributed by atoms with Crippen molar-refractivity contribution >= 4 is 40.7 Å². The van der Waals surface area contributed by atoms with Gasteiger partial charge < -0.3 is 15.4 Å². The molecular formula is C23H20Cl2N2O3. The van der Waals surface area contributed by atoms with Gasteiger partial charge in [0.05, 0.1) is 15.7 Å². The van der Waals surface area contributed by atoms with Crippen LogP contribution in [0.5, 0.6) is 5.75 Å². The summed E-state index contributed by atoms with van der Waals surface area (Å²) in [5, 5.41) is 6.16. The molecule has 0 aliphatic carbocycles. The van der Waals surface area contributed by atoms with Crippen LogP contribution in [0, 0.1) is 0 Å². The molecule has 0 aliphatic rings. The first-order valence-corrected chi connectivity index (χ1v) is 10.1. The minimum Gasteiger partial charge on any atom is -0.484 e. The monoisotopic (exact) mass is 442 g/mol. The number of anilines is 1. The van der Waals surface area contributed by atoms with E-state index in [0.717, 1.165) is 6.42 Å². The first-order chi connectivity index (χ1) is 14.5. The first-order valence-electron chi connectivity index (χ1n) is 9.32. The van der Waals surface area contributed by atoms with Crippen molar-refractivity contribution in [1.82, 2.24) is 5.32 Å². The summed E-state index contributed by atoms with van der Waals surface area (Å²) in [6, 6.07) is 21.5. The Bertz CT molecular complexity index is 1010. The Labute approximate surface area is 185 Å². The third-order valence-electron chi connectivity index (χ3n) is 4.25. The summed E-state index contributed by atoms with van der Waals surface area (Å²) in [6.45, 7) is 0.346. The highest BCUT2D eigenvalue weighted by Crippen LogP contribution is 2.29. The smallest absolute Gasteiger partial charge is 0.262 e. The van der Waals surface area contributed by atoms with Gasteiger partial charge in [-0.25, -0.2) is 0 Å². The molecule has 0 aromatic heterocycles. The summed E-state index contributed by atoms with van der Waals surface area (Å²) in [6.07, 6.45) is 0.763. The van der Waals surface area contributed by atoms with E-state index in [2.05, 4.69) is 10.6 Å². The predicted molar refractivity (Wildman–Crippen MR) is 120 cm³/mol. The van der Waals surface area contributed by atoms with Crippen LogP contribution < -0.4 is 15.4 Å². The lowest BCUT2D eigenvalue weighted by Crippen LogP contribution is -2.25. The normalized spacial score (nSPS) is 10.3. The molecule has 3 aromatic rings. The summed E-state index contributed by atoms with van der Waals surface area (Å²) in [5.41, 5.74) is 2.10. The second-order valence-corrected chi connectivity index (χ2v) is 7.24. The fourth-order valence-corrected chi connectivity index (χ4v) is 3.05. The van der Waals surface area contributed by atoms with Gasteiger partial charge in [0.2, 0.25) is 0 Å². The zero-order valence-corrected chi connectivity index (χ0v) is 17.5. The average Bonchev–Trinajstić information content (AvgIpc) is 2.76.